The molecule has 0 bridgehead atoms. The van der Waals surface area contributed by atoms with Crippen molar-refractivity contribution in [3.63, 3.8) is 0 Å². The van der Waals surface area contributed by atoms with Gasteiger partial charge in [-0.25, -0.2) is 22.7 Å². The Bertz CT molecular complexity index is 1340. The first-order chi connectivity index (χ1) is 18.0. The number of halogens is 5. The van der Waals surface area contributed by atoms with Gasteiger partial charge in [0.05, 0.1) is 22.2 Å². The van der Waals surface area contributed by atoms with Crippen LogP contribution in [-0.4, -0.2) is 56.3 Å². The molecule has 1 fully saturated rings. The third-order valence-corrected chi connectivity index (χ3v) is 8.43. The minimum Gasteiger partial charge on any atom is -0.447 e. The van der Waals surface area contributed by atoms with Crippen molar-refractivity contribution in [1.82, 2.24) is 9.62 Å². The van der Waals surface area contributed by atoms with E-state index in [1.807, 2.05) is 0 Å². The summed E-state index contributed by atoms with van der Waals surface area (Å²) in [7, 11) is -4.03. The van der Waals surface area contributed by atoms with Gasteiger partial charge in [0.2, 0.25) is 10.0 Å². The lowest BCUT2D eigenvalue weighted by Gasteiger charge is -2.28. The van der Waals surface area contributed by atoms with Crippen LogP contribution in [-0.2, 0) is 25.7 Å². The van der Waals surface area contributed by atoms with Crippen LogP contribution in [0.3, 0.4) is 0 Å². The van der Waals surface area contributed by atoms with Crippen molar-refractivity contribution in [2.45, 2.75) is 55.9 Å². The van der Waals surface area contributed by atoms with E-state index in [1.54, 1.807) is 32.9 Å². The highest BCUT2D eigenvalue weighted by molar-refractivity contribution is 9.11. The second-order valence-corrected chi connectivity index (χ2v) is 13.1. The number of nitrogens with zero attached hydrogens (tertiary/aromatic N) is 1. The number of benzene rings is 2. The molecular formula is C24H26Br2F3N3O6S. The van der Waals surface area contributed by atoms with E-state index in [4.69, 9.17) is 9.47 Å². The van der Waals surface area contributed by atoms with Gasteiger partial charge < -0.3 is 14.4 Å². The van der Waals surface area contributed by atoms with Gasteiger partial charge in [0.25, 0.3) is 0 Å². The Labute approximate surface area is 240 Å². The number of para-hydroxylation sites is 1. The zero-order chi connectivity index (χ0) is 29.2. The van der Waals surface area contributed by atoms with Crippen LogP contribution in [0.1, 0.15) is 32.8 Å². The van der Waals surface area contributed by atoms with E-state index in [1.165, 1.54) is 23.1 Å². The summed E-state index contributed by atoms with van der Waals surface area (Å²) in [5.41, 5.74) is -2.40. The van der Waals surface area contributed by atoms with Crippen LogP contribution < -0.4 is 10.0 Å². The molecule has 3 rings (SSSR count). The number of carbonyl (C=O) groups excluding carboxylic acids is 2. The zero-order valence-corrected chi connectivity index (χ0v) is 25.0. The monoisotopic (exact) mass is 699 g/mol. The van der Waals surface area contributed by atoms with Crippen LogP contribution in [0.4, 0.5) is 28.4 Å². The summed E-state index contributed by atoms with van der Waals surface area (Å²) in [5, 5.41) is 2.07. The molecule has 0 radical (unpaired) electrons. The Morgan fingerprint density at radius 1 is 1.10 bits per heavy atom. The van der Waals surface area contributed by atoms with Crippen molar-refractivity contribution >= 4 is 59.8 Å². The van der Waals surface area contributed by atoms with E-state index in [2.05, 4.69) is 41.9 Å². The molecule has 2 aromatic carbocycles. The molecule has 2 atom stereocenters. The molecule has 2 N–H and O–H groups in total. The number of carbonyl (C=O) groups is 2. The van der Waals surface area contributed by atoms with Crippen molar-refractivity contribution in [2.75, 3.05) is 18.5 Å². The molecule has 39 heavy (non-hydrogen) atoms. The average Bonchev–Trinajstić information content (AvgIpc) is 3.20. The van der Waals surface area contributed by atoms with Crippen molar-refractivity contribution in [3.8, 4) is 0 Å². The molecule has 1 heterocycles. The van der Waals surface area contributed by atoms with Crippen molar-refractivity contribution in [3.05, 3.63) is 57.0 Å². The molecular weight excluding hydrogens is 675 g/mol. The second kappa shape index (κ2) is 12.0. The summed E-state index contributed by atoms with van der Waals surface area (Å²) in [4.78, 5) is 26.4. The number of sulfonamides is 1. The van der Waals surface area contributed by atoms with E-state index in [9.17, 15) is 31.2 Å². The molecule has 0 unspecified atom stereocenters. The van der Waals surface area contributed by atoms with Crippen LogP contribution in [0.5, 0.6) is 0 Å². The van der Waals surface area contributed by atoms with Crippen LogP contribution in [0.2, 0.25) is 0 Å². The Balaban J connectivity index is 1.74. The first-order valence-corrected chi connectivity index (χ1v) is 14.6. The predicted octanol–water partition coefficient (Wildman–Crippen LogP) is 6.14. The standard InChI is InChI=1S/C24H26Br2F3N3O6S/c1-23(2,3)38-22(34)32-12-15(31-39(35,36)20-10-14(25)8-9-18(20)26)11-16(32)13-37-21(33)30-19-7-5-4-6-17(19)24(27,28)29/h4-10,15-16,31H,11-13H2,1-3H3,(H,30,33)/t15-,16-/m1/s1. The molecule has 1 aliphatic heterocycles. The molecule has 15 heteroatoms. The predicted molar refractivity (Wildman–Crippen MR) is 144 cm³/mol. The van der Waals surface area contributed by atoms with Crippen LogP contribution in [0, 0.1) is 0 Å². The zero-order valence-electron chi connectivity index (χ0n) is 21.0. The number of anilines is 1. The van der Waals surface area contributed by atoms with E-state index in [-0.39, 0.29) is 17.9 Å². The number of likely N-dealkylation sites (tertiary alicyclic amines) is 1. The lowest BCUT2D eigenvalue weighted by atomic mass is 10.1. The maximum atomic E-state index is 13.2. The number of hydrogen-bond acceptors (Lipinski definition) is 6. The lowest BCUT2D eigenvalue weighted by Crippen LogP contribution is -2.43. The number of ether oxygens (including phenoxy) is 2. The third-order valence-electron chi connectivity index (χ3n) is 5.42. The smallest absolute Gasteiger partial charge is 0.418 e. The van der Waals surface area contributed by atoms with Gasteiger partial charge in [-0.1, -0.05) is 28.1 Å². The van der Waals surface area contributed by atoms with Crippen molar-refractivity contribution < 1.29 is 40.7 Å². The highest BCUT2D eigenvalue weighted by Crippen LogP contribution is 2.34. The molecule has 214 valence electrons. The van der Waals surface area contributed by atoms with Gasteiger partial charge in [0.15, 0.2) is 0 Å². The Hall–Kier alpha value is -2.36. The second-order valence-electron chi connectivity index (χ2n) is 9.68. The fourth-order valence-electron chi connectivity index (χ4n) is 3.83. The third kappa shape index (κ3) is 8.56. The van der Waals surface area contributed by atoms with E-state index in [0.29, 0.717) is 8.95 Å². The average molecular weight is 701 g/mol. The maximum absolute atomic E-state index is 13.2. The fourth-order valence-corrected chi connectivity index (χ4v) is 6.57. The van der Waals surface area contributed by atoms with Gasteiger partial charge in [-0.15, -0.1) is 0 Å². The Morgan fingerprint density at radius 3 is 2.41 bits per heavy atom. The van der Waals surface area contributed by atoms with Gasteiger partial charge >= 0.3 is 18.4 Å². The maximum Gasteiger partial charge on any atom is 0.418 e. The lowest BCUT2D eigenvalue weighted by molar-refractivity contribution is -0.136. The van der Waals surface area contributed by atoms with Gasteiger partial charge in [-0.2, -0.15) is 13.2 Å². The minimum atomic E-state index is -4.70. The summed E-state index contributed by atoms with van der Waals surface area (Å²) in [6.45, 7) is 4.46. The molecule has 2 amide bonds. The summed E-state index contributed by atoms with van der Waals surface area (Å²) in [6.07, 6.45) is -6.57. The van der Waals surface area contributed by atoms with E-state index >= 15 is 0 Å². The topological polar surface area (TPSA) is 114 Å². The number of nitrogens with one attached hydrogen (secondary N) is 2. The van der Waals surface area contributed by atoms with E-state index in [0.717, 1.165) is 12.1 Å². The first kappa shape index (κ1) is 31.2. The molecule has 0 spiro atoms. The highest BCUT2D eigenvalue weighted by Gasteiger charge is 2.40. The minimum absolute atomic E-state index is 0.0249. The molecule has 9 nitrogen and oxygen atoms in total. The molecule has 0 aliphatic carbocycles. The molecule has 1 saturated heterocycles. The fraction of sp³-hybridized carbons (Fsp3) is 0.417. The van der Waals surface area contributed by atoms with Gasteiger partial charge in [0, 0.05) is 21.5 Å². The summed E-state index contributed by atoms with van der Waals surface area (Å²) >= 11 is 6.46. The van der Waals surface area contributed by atoms with Crippen LogP contribution >= 0.6 is 31.9 Å². The molecule has 2 aromatic rings. The number of hydrogen-bond donors (Lipinski definition) is 2. The first-order valence-electron chi connectivity index (χ1n) is 11.5. The normalized spacial score (nSPS) is 18.1. The highest BCUT2D eigenvalue weighted by atomic mass is 79.9. The number of rotatable bonds is 6. The largest absolute Gasteiger partial charge is 0.447 e. The molecule has 0 aromatic heterocycles. The quantitative estimate of drug-likeness (QED) is 0.375. The van der Waals surface area contributed by atoms with Gasteiger partial charge in [-0.3, -0.25) is 5.32 Å². The van der Waals surface area contributed by atoms with Crippen molar-refractivity contribution in [2.24, 2.45) is 0 Å². The van der Waals surface area contributed by atoms with E-state index < -0.39 is 63.9 Å². The van der Waals surface area contributed by atoms with Gasteiger partial charge in [-0.05, 0) is 73.5 Å². The number of alkyl halides is 3. The molecule has 0 saturated carbocycles. The summed E-state index contributed by atoms with van der Waals surface area (Å²) in [5.74, 6) is 0. The van der Waals surface area contributed by atoms with Crippen LogP contribution in [0.25, 0.3) is 0 Å². The Kier molecular flexibility index (Phi) is 9.61. The number of amides is 2. The Morgan fingerprint density at radius 2 is 1.77 bits per heavy atom. The van der Waals surface area contributed by atoms with Crippen molar-refractivity contribution in [1.29, 1.82) is 0 Å². The van der Waals surface area contributed by atoms with Gasteiger partial charge in [0.1, 0.15) is 12.2 Å². The summed E-state index contributed by atoms with van der Waals surface area (Å²) in [6, 6.07) is 7.46. The SMILES string of the molecule is CC(C)(C)OC(=O)N1C[C@H](NS(=O)(=O)c2cc(Br)ccc2Br)C[C@@H]1COC(=O)Nc1ccccc1C(F)(F)F. The van der Waals surface area contributed by atoms with Crippen LogP contribution in [0.15, 0.2) is 56.3 Å². The summed E-state index contributed by atoms with van der Waals surface area (Å²) < 4.78 is 79.9. The molecule has 1 aliphatic rings.